The smallest absolute Gasteiger partial charge is 0.236 e. The lowest BCUT2D eigenvalue weighted by Crippen LogP contribution is -2.34. The highest BCUT2D eigenvalue weighted by Gasteiger charge is 2.33. The predicted octanol–water partition coefficient (Wildman–Crippen LogP) is 0.906. The standard InChI is InChI=1S/C9H14N4OS/c1-6(2)13-4-3-7(9(13)14)15-8-5-10-12-11-8/h5-7H,3-4H2,1-2H3,(H,10,11,12)/t7-/m0/s1. The fourth-order valence-corrected chi connectivity index (χ4v) is 2.65. The molecule has 1 amide bonds. The maximum absolute atomic E-state index is 11.9. The minimum atomic E-state index is 0.0116. The number of nitrogens with one attached hydrogen (secondary N) is 1. The van der Waals surface area contributed by atoms with E-state index in [0.717, 1.165) is 18.0 Å². The van der Waals surface area contributed by atoms with Crippen molar-refractivity contribution in [3.8, 4) is 0 Å². The van der Waals surface area contributed by atoms with Crippen LogP contribution in [-0.4, -0.2) is 44.1 Å². The van der Waals surface area contributed by atoms with E-state index in [1.807, 2.05) is 18.7 Å². The molecule has 1 aromatic heterocycles. The van der Waals surface area contributed by atoms with Crippen molar-refractivity contribution in [1.82, 2.24) is 20.3 Å². The summed E-state index contributed by atoms with van der Waals surface area (Å²) in [6.07, 6.45) is 2.55. The fourth-order valence-electron chi connectivity index (χ4n) is 1.69. The van der Waals surface area contributed by atoms with Gasteiger partial charge in [0.2, 0.25) is 5.91 Å². The van der Waals surface area contributed by atoms with Crippen molar-refractivity contribution >= 4 is 17.7 Å². The fraction of sp³-hybridized carbons (Fsp3) is 0.667. The first kappa shape index (κ1) is 10.5. The van der Waals surface area contributed by atoms with Gasteiger partial charge in [-0.25, -0.2) is 0 Å². The van der Waals surface area contributed by atoms with Gasteiger partial charge in [-0.2, -0.15) is 10.3 Å². The zero-order valence-electron chi connectivity index (χ0n) is 8.80. The molecule has 0 saturated carbocycles. The molecule has 0 bridgehead atoms. The third kappa shape index (κ3) is 2.14. The topological polar surface area (TPSA) is 61.9 Å². The zero-order chi connectivity index (χ0) is 10.8. The van der Waals surface area contributed by atoms with E-state index in [1.165, 1.54) is 11.8 Å². The lowest BCUT2D eigenvalue weighted by atomic mass is 10.3. The molecule has 2 heterocycles. The Hall–Kier alpha value is -1.04. The van der Waals surface area contributed by atoms with E-state index in [2.05, 4.69) is 15.4 Å². The molecule has 1 aliphatic heterocycles. The molecule has 82 valence electrons. The number of rotatable bonds is 3. The SMILES string of the molecule is CC(C)N1CC[C@H](Sc2cn[nH]n2)C1=O. The van der Waals surface area contributed by atoms with Gasteiger partial charge in [-0.1, -0.05) is 11.8 Å². The van der Waals surface area contributed by atoms with E-state index < -0.39 is 0 Å². The summed E-state index contributed by atoms with van der Waals surface area (Å²) in [5, 5.41) is 11.0. The Balaban J connectivity index is 1.99. The molecule has 1 N–H and O–H groups in total. The van der Waals surface area contributed by atoms with Crippen molar-refractivity contribution in [3.63, 3.8) is 0 Å². The van der Waals surface area contributed by atoms with Crippen LogP contribution in [0.3, 0.4) is 0 Å². The Bertz CT molecular complexity index is 338. The Labute approximate surface area is 92.6 Å². The normalized spacial score (nSPS) is 21.7. The van der Waals surface area contributed by atoms with E-state index in [-0.39, 0.29) is 11.2 Å². The van der Waals surface area contributed by atoms with Crippen molar-refractivity contribution in [2.75, 3.05) is 6.54 Å². The minimum Gasteiger partial charge on any atom is -0.339 e. The van der Waals surface area contributed by atoms with Crippen LogP contribution in [0.15, 0.2) is 11.2 Å². The number of carbonyl (C=O) groups excluding carboxylic acids is 1. The van der Waals surface area contributed by atoms with E-state index >= 15 is 0 Å². The number of amides is 1. The van der Waals surface area contributed by atoms with Crippen molar-refractivity contribution in [2.24, 2.45) is 0 Å². The highest BCUT2D eigenvalue weighted by molar-refractivity contribution is 8.00. The summed E-state index contributed by atoms with van der Waals surface area (Å²) in [6, 6.07) is 0.292. The lowest BCUT2D eigenvalue weighted by Gasteiger charge is -2.20. The second-order valence-electron chi connectivity index (χ2n) is 3.83. The van der Waals surface area contributed by atoms with Crippen LogP contribution in [-0.2, 0) is 4.79 Å². The van der Waals surface area contributed by atoms with Crippen molar-refractivity contribution < 1.29 is 4.79 Å². The molecule has 15 heavy (non-hydrogen) atoms. The highest BCUT2D eigenvalue weighted by Crippen LogP contribution is 2.29. The van der Waals surface area contributed by atoms with Crippen LogP contribution in [0.1, 0.15) is 20.3 Å². The lowest BCUT2D eigenvalue weighted by molar-refractivity contribution is -0.128. The van der Waals surface area contributed by atoms with Gasteiger partial charge in [0.1, 0.15) is 5.03 Å². The van der Waals surface area contributed by atoms with Gasteiger partial charge in [0, 0.05) is 12.6 Å². The average molecular weight is 226 g/mol. The number of thioether (sulfide) groups is 1. The minimum absolute atomic E-state index is 0.0116. The molecule has 1 aromatic rings. The van der Waals surface area contributed by atoms with Gasteiger partial charge >= 0.3 is 0 Å². The first-order valence-corrected chi connectivity index (χ1v) is 5.89. The van der Waals surface area contributed by atoms with Gasteiger partial charge in [-0.15, -0.1) is 5.10 Å². The quantitative estimate of drug-likeness (QED) is 0.832. The van der Waals surface area contributed by atoms with Crippen LogP contribution in [0.25, 0.3) is 0 Å². The number of aromatic nitrogens is 3. The van der Waals surface area contributed by atoms with Gasteiger partial charge in [-0.3, -0.25) is 4.79 Å². The molecule has 0 unspecified atom stereocenters. The van der Waals surface area contributed by atoms with Crippen LogP contribution >= 0.6 is 11.8 Å². The molecule has 1 atom stereocenters. The molecule has 0 radical (unpaired) electrons. The molecule has 1 fully saturated rings. The van der Waals surface area contributed by atoms with Crippen LogP contribution < -0.4 is 0 Å². The Morgan fingerprint density at radius 1 is 1.67 bits per heavy atom. The second kappa shape index (κ2) is 4.22. The van der Waals surface area contributed by atoms with Crippen LogP contribution in [0.4, 0.5) is 0 Å². The summed E-state index contributed by atoms with van der Waals surface area (Å²) in [5.74, 6) is 0.220. The van der Waals surface area contributed by atoms with Gasteiger partial charge in [0.25, 0.3) is 0 Å². The molecule has 0 spiro atoms. The number of hydrogen-bond acceptors (Lipinski definition) is 4. The van der Waals surface area contributed by atoms with Crippen molar-refractivity contribution in [2.45, 2.75) is 36.6 Å². The summed E-state index contributed by atoms with van der Waals surface area (Å²) >= 11 is 1.49. The van der Waals surface area contributed by atoms with E-state index in [4.69, 9.17) is 0 Å². The summed E-state index contributed by atoms with van der Waals surface area (Å²) in [4.78, 5) is 13.8. The predicted molar refractivity (Wildman–Crippen MR) is 57.5 cm³/mol. The van der Waals surface area contributed by atoms with E-state index in [0.29, 0.717) is 6.04 Å². The first-order chi connectivity index (χ1) is 7.18. The zero-order valence-corrected chi connectivity index (χ0v) is 9.62. The number of hydrogen-bond donors (Lipinski definition) is 1. The van der Waals surface area contributed by atoms with Gasteiger partial charge < -0.3 is 4.90 Å². The van der Waals surface area contributed by atoms with E-state index in [1.54, 1.807) is 6.20 Å². The summed E-state index contributed by atoms with van der Waals surface area (Å²) in [6.45, 7) is 4.94. The third-order valence-corrected chi connectivity index (χ3v) is 3.63. The van der Waals surface area contributed by atoms with E-state index in [9.17, 15) is 4.79 Å². The third-order valence-electron chi connectivity index (χ3n) is 2.47. The first-order valence-electron chi connectivity index (χ1n) is 5.01. The Kier molecular flexibility index (Phi) is 2.95. The Morgan fingerprint density at radius 3 is 3.00 bits per heavy atom. The summed E-state index contributed by atoms with van der Waals surface area (Å²) in [5.41, 5.74) is 0. The molecule has 0 aliphatic carbocycles. The number of H-pyrrole nitrogens is 1. The number of likely N-dealkylation sites (tertiary alicyclic amines) is 1. The van der Waals surface area contributed by atoms with Crippen LogP contribution in [0, 0.1) is 0 Å². The number of nitrogens with zero attached hydrogens (tertiary/aromatic N) is 3. The molecular weight excluding hydrogens is 212 g/mol. The maximum atomic E-state index is 11.9. The van der Waals surface area contributed by atoms with Gasteiger partial charge in [0.15, 0.2) is 0 Å². The van der Waals surface area contributed by atoms with Crippen LogP contribution in [0.5, 0.6) is 0 Å². The number of carbonyl (C=O) groups is 1. The average Bonchev–Trinajstić information content (AvgIpc) is 2.78. The largest absolute Gasteiger partial charge is 0.339 e. The Morgan fingerprint density at radius 2 is 2.47 bits per heavy atom. The number of aromatic amines is 1. The summed E-state index contributed by atoms with van der Waals surface area (Å²) in [7, 11) is 0. The molecule has 1 aliphatic rings. The molecule has 5 nitrogen and oxygen atoms in total. The maximum Gasteiger partial charge on any atom is 0.236 e. The van der Waals surface area contributed by atoms with Crippen molar-refractivity contribution in [1.29, 1.82) is 0 Å². The summed E-state index contributed by atoms with van der Waals surface area (Å²) < 4.78 is 0. The van der Waals surface area contributed by atoms with Crippen LogP contribution in [0.2, 0.25) is 0 Å². The highest BCUT2D eigenvalue weighted by atomic mass is 32.2. The van der Waals surface area contributed by atoms with Crippen molar-refractivity contribution in [3.05, 3.63) is 6.20 Å². The second-order valence-corrected chi connectivity index (χ2v) is 5.05. The monoisotopic (exact) mass is 226 g/mol. The molecule has 0 aromatic carbocycles. The molecule has 2 rings (SSSR count). The molecule has 6 heteroatoms. The van der Waals surface area contributed by atoms with Gasteiger partial charge in [0.05, 0.1) is 11.4 Å². The van der Waals surface area contributed by atoms with Gasteiger partial charge in [-0.05, 0) is 20.3 Å². The molecule has 1 saturated heterocycles. The molecular formula is C9H14N4OS.